The third-order valence-electron chi connectivity index (χ3n) is 2.94. The molecule has 0 heterocycles. The van der Waals surface area contributed by atoms with Crippen molar-refractivity contribution in [1.29, 1.82) is 0 Å². The quantitative estimate of drug-likeness (QED) is 0.773. The molecule has 0 saturated carbocycles. The van der Waals surface area contributed by atoms with Gasteiger partial charge in [0.2, 0.25) is 0 Å². The minimum Gasteiger partial charge on any atom is -0.310 e. The summed E-state index contributed by atoms with van der Waals surface area (Å²) in [7, 11) is 0. The second-order valence-electron chi connectivity index (χ2n) is 4.49. The second kappa shape index (κ2) is 6.64. The van der Waals surface area contributed by atoms with Gasteiger partial charge in [0.05, 0.1) is 0 Å². The van der Waals surface area contributed by atoms with E-state index in [2.05, 4.69) is 19.2 Å². The highest BCUT2D eigenvalue weighted by Crippen LogP contribution is 2.10. The molecule has 0 aliphatic heterocycles. The van der Waals surface area contributed by atoms with Crippen molar-refractivity contribution < 1.29 is 4.39 Å². The van der Waals surface area contributed by atoms with Gasteiger partial charge in [-0.2, -0.15) is 0 Å². The molecule has 0 radical (unpaired) electrons. The summed E-state index contributed by atoms with van der Waals surface area (Å²) in [5.74, 6) is -0.153. The summed E-state index contributed by atoms with van der Waals surface area (Å²) in [6, 6.07) is 5.52. The highest BCUT2D eigenvalue weighted by atomic mass is 19.1. The molecule has 1 N–H and O–H groups in total. The summed E-state index contributed by atoms with van der Waals surface area (Å²) in [5, 5.41) is 3.47. The molecule has 0 aliphatic rings. The lowest BCUT2D eigenvalue weighted by Gasteiger charge is -2.14. The average molecular weight is 223 g/mol. The molecular formula is C14H22FN. The van der Waals surface area contributed by atoms with Crippen LogP contribution in [0.5, 0.6) is 0 Å². The zero-order chi connectivity index (χ0) is 12.0. The summed E-state index contributed by atoms with van der Waals surface area (Å²) in [4.78, 5) is 0. The van der Waals surface area contributed by atoms with Crippen molar-refractivity contribution in [2.45, 2.75) is 52.6 Å². The molecule has 0 saturated heterocycles. The summed E-state index contributed by atoms with van der Waals surface area (Å²) in [5.41, 5.74) is 2.21. The Morgan fingerprint density at radius 2 is 2.12 bits per heavy atom. The van der Waals surface area contributed by atoms with Crippen LogP contribution in [0.2, 0.25) is 0 Å². The Balaban J connectivity index is 2.42. The van der Waals surface area contributed by atoms with E-state index in [9.17, 15) is 4.39 Å². The van der Waals surface area contributed by atoms with Gasteiger partial charge < -0.3 is 5.32 Å². The molecule has 1 atom stereocenters. The molecule has 90 valence electrons. The van der Waals surface area contributed by atoms with Crippen molar-refractivity contribution in [3.05, 3.63) is 35.1 Å². The van der Waals surface area contributed by atoms with Crippen LogP contribution in [0.15, 0.2) is 18.2 Å². The number of unbranched alkanes of at least 4 members (excludes halogenated alkanes) is 1. The Labute approximate surface area is 98.1 Å². The number of hydrogen-bond donors (Lipinski definition) is 1. The Kier molecular flexibility index (Phi) is 5.47. The van der Waals surface area contributed by atoms with Crippen LogP contribution in [0, 0.1) is 12.7 Å². The summed E-state index contributed by atoms with van der Waals surface area (Å²) in [6.45, 7) is 7.19. The average Bonchev–Trinajstić information content (AvgIpc) is 2.25. The van der Waals surface area contributed by atoms with Crippen LogP contribution in [0.25, 0.3) is 0 Å². The van der Waals surface area contributed by atoms with Gasteiger partial charge in [0, 0.05) is 12.6 Å². The molecule has 0 aromatic heterocycles. The van der Waals surface area contributed by atoms with E-state index in [1.807, 2.05) is 13.0 Å². The summed E-state index contributed by atoms with van der Waals surface area (Å²) >= 11 is 0. The lowest BCUT2D eigenvalue weighted by atomic mass is 10.1. The number of halogens is 1. The van der Waals surface area contributed by atoms with Crippen molar-refractivity contribution >= 4 is 0 Å². The van der Waals surface area contributed by atoms with E-state index in [0.29, 0.717) is 6.04 Å². The van der Waals surface area contributed by atoms with Crippen LogP contribution >= 0.6 is 0 Å². The van der Waals surface area contributed by atoms with Gasteiger partial charge in [-0.3, -0.25) is 0 Å². The fourth-order valence-corrected chi connectivity index (χ4v) is 1.75. The Bertz CT molecular complexity index is 323. The van der Waals surface area contributed by atoms with Gasteiger partial charge in [0.1, 0.15) is 5.82 Å². The van der Waals surface area contributed by atoms with E-state index in [1.165, 1.54) is 30.9 Å². The van der Waals surface area contributed by atoms with E-state index in [4.69, 9.17) is 0 Å². The number of benzene rings is 1. The normalized spacial score (nSPS) is 12.8. The molecule has 1 aromatic carbocycles. The molecule has 1 unspecified atom stereocenters. The van der Waals surface area contributed by atoms with Crippen molar-refractivity contribution in [2.24, 2.45) is 0 Å². The van der Waals surface area contributed by atoms with Crippen molar-refractivity contribution in [1.82, 2.24) is 5.32 Å². The first kappa shape index (κ1) is 13.2. The van der Waals surface area contributed by atoms with Gasteiger partial charge in [-0.25, -0.2) is 4.39 Å². The van der Waals surface area contributed by atoms with Gasteiger partial charge in [-0.15, -0.1) is 0 Å². The Hall–Kier alpha value is -0.890. The van der Waals surface area contributed by atoms with E-state index in [-0.39, 0.29) is 5.82 Å². The van der Waals surface area contributed by atoms with Crippen LogP contribution < -0.4 is 5.32 Å². The summed E-state index contributed by atoms with van der Waals surface area (Å²) < 4.78 is 12.9. The van der Waals surface area contributed by atoms with Gasteiger partial charge >= 0.3 is 0 Å². The third kappa shape index (κ3) is 4.31. The molecule has 1 rings (SSSR count). The molecule has 1 aromatic rings. The van der Waals surface area contributed by atoms with Crippen molar-refractivity contribution in [3.63, 3.8) is 0 Å². The fourth-order valence-electron chi connectivity index (χ4n) is 1.75. The number of nitrogens with one attached hydrogen (secondary N) is 1. The molecule has 0 spiro atoms. The lowest BCUT2D eigenvalue weighted by Crippen LogP contribution is -2.25. The van der Waals surface area contributed by atoms with E-state index < -0.39 is 0 Å². The maximum absolute atomic E-state index is 12.9. The molecule has 0 amide bonds. The number of rotatable bonds is 6. The smallest absolute Gasteiger partial charge is 0.123 e. The van der Waals surface area contributed by atoms with Crippen molar-refractivity contribution in [2.75, 3.05) is 0 Å². The summed E-state index contributed by atoms with van der Waals surface area (Å²) in [6.07, 6.45) is 3.70. The highest BCUT2D eigenvalue weighted by molar-refractivity contribution is 5.26. The molecule has 16 heavy (non-hydrogen) atoms. The van der Waals surface area contributed by atoms with Crippen LogP contribution in [0.4, 0.5) is 4.39 Å². The first-order valence-electron chi connectivity index (χ1n) is 6.12. The van der Waals surface area contributed by atoms with Gasteiger partial charge in [0.25, 0.3) is 0 Å². The Morgan fingerprint density at radius 1 is 1.38 bits per heavy atom. The molecule has 1 nitrogen and oxygen atoms in total. The second-order valence-corrected chi connectivity index (χ2v) is 4.49. The van der Waals surface area contributed by atoms with Crippen LogP contribution in [0.3, 0.4) is 0 Å². The lowest BCUT2D eigenvalue weighted by molar-refractivity contribution is 0.494. The fraction of sp³-hybridized carbons (Fsp3) is 0.571. The van der Waals surface area contributed by atoms with Crippen LogP contribution in [0.1, 0.15) is 44.2 Å². The standard InChI is InChI=1S/C14H22FN/c1-4-5-6-12(3)16-10-13-7-8-14(15)9-11(13)2/h7-9,12,16H,4-6,10H2,1-3H3. The number of hydrogen-bond acceptors (Lipinski definition) is 1. The maximum Gasteiger partial charge on any atom is 0.123 e. The zero-order valence-corrected chi connectivity index (χ0v) is 10.5. The van der Waals surface area contributed by atoms with Gasteiger partial charge in [0.15, 0.2) is 0 Å². The SMILES string of the molecule is CCCCC(C)NCc1ccc(F)cc1C. The minimum atomic E-state index is -0.153. The van der Waals surface area contributed by atoms with Crippen molar-refractivity contribution in [3.8, 4) is 0 Å². The number of aryl methyl sites for hydroxylation is 1. The monoisotopic (exact) mass is 223 g/mol. The first-order valence-corrected chi connectivity index (χ1v) is 6.12. The first-order chi connectivity index (χ1) is 7.63. The Morgan fingerprint density at radius 3 is 2.75 bits per heavy atom. The molecule has 0 aliphatic carbocycles. The van der Waals surface area contributed by atoms with Crippen LogP contribution in [-0.4, -0.2) is 6.04 Å². The third-order valence-corrected chi connectivity index (χ3v) is 2.94. The topological polar surface area (TPSA) is 12.0 Å². The predicted molar refractivity (Wildman–Crippen MR) is 67.0 cm³/mol. The van der Waals surface area contributed by atoms with E-state index >= 15 is 0 Å². The molecule has 0 fully saturated rings. The van der Waals surface area contributed by atoms with Gasteiger partial charge in [-0.05, 0) is 43.5 Å². The van der Waals surface area contributed by atoms with E-state index in [1.54, 1.807) is 6.07 Å². The van der Waals surface area contributed by atoms with Gasteiger partial charge in [-0.1, -0.05) is 25.8 Å². The molecule has 2 heteroatoms. The zero-order valence-electron chi connectivity index (χ0n) is 10.5. The van der Waals surface area contributed by atoms with E-state index in [0.717, 1.165) is 12.1 Å². The maximum atomic E-state index is 12.9. The molecular weight excluding hydrogens is 201 g/mol. The van der Waals surface area contributed by atoms with Crippen LogP contribution in [-0.2, 0) is 6.54 Å². The molecule has 0 bridgehead atoms. The highest BCUT2D eigenvalue weighted by Gasteiger charge is 2.03. The predicted octanol–water partition coefficient (Wildman–Crippen LogP) is 3.80. The largest absolute Gasteiger partial charge is 0.310 e. The minimum absolute atomic E-state index is 0.153.